The van der Waals surface area contributed by atoms with Crippen molar-refractivity contribution in [1.82, 2.24) is 0 Å². The Kier molecular flexibility index (Phi) is 2.72. The highest BCUT2D eigenvalue weighted by atomic mass is 31.1. The first-order valence-electron chi connectivity index (χ1n) is 3.39. The van der Waals surface area contributed by atoms with Crippen molar-refractivity contribution >= 4 is 13.1 Å². The molecule has 1 atom stereocenters. The van der Waals surface area contributed by atoms with Crippen LogP contribution in [0.15, 0.2) is 24.3 Å². The fraction of sp³-hybridized carbons (Fsp3) is 0.250. The van der Waals surface area contributed by atoms with Crippen molar-refractivity contribution in [3.8, 4) is 5.75 Å². The van der Waals surface area contributed by atoms with Gasteiger partial charge in [0, 0.05) is 0 Å². The highest BCUT2D eigenvalue weighted by molar-refractivity contribution is 7.52. The molecule has 0 saturated carbocycles. The van der Waals surface area contributed by atoms with E-state index in [0.717, 1.165) is 11.1 Å². The third kappa shape index (κ3) is 1.84. The molecular weight excluding hydrogens is 159 g/mol. The van der Waals surface area contributed by atoms with Gasteiger partial charge in [0.25, 0.3) is 0 Å². The van der Waals surface area contributed by atoms with Crippen LogP contribution in [-0.4, -0.2) is 13.8 Å². The van der Waals surface area contributed by atoms with Gasteiger partial charge in [0.05, 0.1) is 12.4 Å². The molecule has 0 N–H and O–H groups in total. The first-order valence-corrected chi connectivity index (χ1v) is 5.30. The SMILES string of the molecule is COc1ccccc1[PH](C)=O. The van der Waals surface area contributed by atoms with Crippen molar-refractivity contribution in [1.29, 1.82) is 0 Å². The van der Waals surface area contributed by atoms with Crippen LogP contribution in [0.25, 0.3) is 0 Å². The molecule has 1 rings (SSSR count). The smallest absolute Gasteiger partial charge is 0.129 e. The van der Waals surface area contributed by atoms with Gasteiger partial charge >= 0.3 is 0 Å². The van der Waals surface area contributed by atoms with Crippen LogP contribution in [0, 0.1) is 0 Å². The van der Waals surface area contributed by atoms with E-state index in [0.29, 0.717) is 0 Å². The predicted octanol–water partition coefficient (Wildman–Crippen LogP) is 1.51. The van der Waals surface area contributed by atoms with Gasteiger partial charge in [-0.15, -0.1) is 0 Å². The Hall–Kier alpha value is -0.750. The zero-order valence-corrected chi connectivity index (χ0v) is 7.63. The van der Waals surface area contributed by atoms with Crippen LogP contribution in [0.5, 0.6) is 5.75 Å². The molecule has 2 nitrogen and oxygen atoms in total. The maximum Gasteiger partial charge on any atom is 0.129 e. The first-order chi connectivity index (χ1) is 5.25. The maximum absolute atomic E-state index is 11.1. The van der Waals surface area contributed by atoms with Crippen LogP contribution in [0.2, 0.25) is 0 Å². The van der Waals surface area contributed by atoms with Gasteiger partial charge in [-0.05, 0) is 18.8 Å². The summed E-state index contributed by atoms with van der Waals surface area (Å²) in [5.74, 6) is 0.721. The van der Waals surface area contributed by atoms with Crippen LogP contribution in [0.3, 0.4) is 0 Å². The van der Waals surface area contributed by atoms with Gasteiger partial charge in [-0.2, -0.15) is 0 Å². The molecule has 0 spiro atoms. The summed E-state index contributed by atoms with van der Waals surface area (Å²) in [7, 11) is -0.0421. The lowest BCUT2D eigenvalue weighted by molar-refractivity contribution is 0.418. The second kappa shape index (κ2) is 3.59. The van der Waals surface area contributed by atoms with E-state index in [1.165, 1.54) is 0 Å². The molecule has 11 heavy (non-hydrogen) atoms. The molecule has 0 aliphatic heterocycles. The molecule has 0 amide bonds. The van der Waals surface area contributed by atoms with Crippen molar-refractivity contribution in [2.24, 2.45) is 0 Å². The molecule has 0 saturated heterocycles. The van der Waals surface area contributed by atoms with Gasteiger partial charge in [0.2, 0.25) is 0 Å². The quantitative estimate of drug-likeness (QED) is 0.629. The highest BCUT2D eigenvalue weighted by Crippen LogP contribution is 2.20. The molecule has 0 aromatic heterocycles. The van der Waals surface area contributed by atoms with E-state index < -0.39 is 7.80 Å². The minimum absolute atomic E-state index is 0.721. The summed E-state index contributed by atoms with van der Waals surface area (Å²) in [6, 6.07) is 7.39. The summed E-state index contributed by atoms with van der Waals surface area (Å²) in [5.41, 5.74) is 0. The van der Waals surface area contributed by atoms with E-state index in [1.54, 1.807) is 13.8 Å². The standard InChI is InChI=1S/C8H11O2P/c1-10-7-5-3-4-6-8(7)11(2)9/h3-6,11H,1-2H3. The van der Waals surface area contributed by atoms with Gasteiger partial charge in [-0.25, -0.2) is 0 Å². The normalized spacial score (nSPS) is 12.5. The summed E-state index contributed by atoms with van der Waals surface area (Å²) < 4.78 is 16.2. The second-order valence-electron chi connectivity index (χ2n) is 2.26. The average Bonchev–Trinajstić information content (AvgIpc) is 2.04. The van der Waals surface area contributed by atoms with Crippen LogP contribution in [-0.2, 0) is 4.57 Å². The zero-order chi connectivity index (χ0) is 8.27. The van der Waals surface area contributed by atoms with E-state index in [9.17, 15) is 4.57 Å². The molecule has 1 aromatic rings. The van der Waals surface area contributed by atoms with Gasteiger partial charge in [-0.1, -0.05) is 12.1 Å². The van der Waals surface area contributed by atoms with E-state index >= 15 is 0 Å². The van der Waals surface area contributed by atoms with E-state index in [4.69, 9.17) is 4.74 Å². The van der Waals surface area contributed by atoms with Crippen molar-refractivity contribution in [3.05, 3.63) is 24.3 Å². The molecule has 3 heteroatoms. The van der Waals surface area contributed by atoms with Crippen molar-refractivity contribution < 1.29 is 9.30 Å². The van der Waals surface area contributed by atoms with Crippen molar-refractivity contribution in [2.75, 3.05) is 13.8 Å². The average molecular weight is 170 g/mol. The lowest BCUT2D eigenvalue weighted by atomic mass is 10.3. The monoisotopic (exact) mass is 170 g/mol. The van der Waals surface area contributed by atoms with Crippen molar-refractivity contribution in [3.63, 3.8) is 0 Å². The van der Waals surface area contributed by atoms with Gasteiger partial charge in [0.1, 0.15) is 13.6 Å². The van der Waals surface area contributed by atoms with Crippen molar-refractivity contribution in [2.45, 2.75) is 0 Å². The number of hydrogen-bond donors (Lipinski definition) is 0. The molecule has 1 aromatic carbocycles. The predicted molar refractivity (Wildman–Crippen MR) is 47.6 cm³/mol. The number of methoxy groups -OCH3 is 1. The molecule has 0 heterocycles. The molecule has 0 aliphatic carbocycles. The molecule has 0 radical (unpaired) electrons. The van der Waals surface area contributed by atoms with Crippen LogP contribution < -0.4 is 10.0 Å². The molecule has 1 unspecified atom stereocenters. The third-order valence-electron chi connectivity index (χ3n) is 1.49. The molecule has 0 bridgehead atoms. The van der Waals surface area contributed by atoms with Gasteiger partial charge in [0.15, 0.2) is 0 Å². The minimum Gasteiger partial charge on any atom is -0.496 e. The lowest BCUT2D eigenvalue weighted by Gasteiger charge is -2.03. The Morgan fingerprint density at radius 1 is 1.36 bits per heavy atom. The number of rotatable bonds is 2. The highest BCUT2D eigenvalue weighted by Gasteiger charge is 2.02. The number of para-hydroxylation sites is 1. The van der Waals surface area contributed by atoms with Crippen LogP contribution >= 0.6 is 7.80 Å². The van der Waals surface area contributed by atoms with E-state index in [1.807, 2.05) is 24.3 Å². The van der Waals surface area contributed by atoms with Crippen LogP contribution in [0.1, 0.15) is 0 Å². The van der Waals surface area contributed by atoms with E-state index in [2.05, 4.69) is 0 Å². The Labute approximate surface area is 67.0 Å². The van der Waals surface area contributed by atoms with Gasteiger partial charge in [-0.3, -0.25) is 0 Å². The Bertz CT molecular complexity index is 271. The summed E-state index contributed by atoms with van der Waals surface area (Å²) in [6.45, 7) is 1.71. The summed E-state index contributed by atoms with van der Waals surface area (Å²) in [6.07, 6.45) is 0. The molecular formula is C8H11O2P. The Balaban J connectivity index is 3.12. The summed E-state index contributed by atoms with van der Waals surface area (Å²) >= 11 is 0. The first kappa shape index (κ1) is 8.35. The fourth-order valence-corrected chi connectivity index (χ4v) is 1.80. The lowest BCUT2D eigenvalue weighted by Crippen LogP contribution is -2.00. The largest absolute Gasteiger partial charge is 0.496 e. The third-order valence-corrected chi connectivity index (χ3v) is 2.66. The molecule has 0 aliphatic rings. The minimum atomic E-state index is -1.63. The number of hydrogen-bond acceptors (Lipinski definition) is 2. The maximum atomic E-state index is 11.1. The fourth-order valence-electron chi connectivity index (χ4n) is 0.935. The zero-order valence-electron chi connectivity index (χ0n) is 6.63. The summed E-state index contributed by atoms with van der Waals surface area (Å²) in [4.78, 5) is 0. The van der Waals surface area contributed by atoms with Crippen LogP contribution in [0.4, 0.5) is 0 Å². The Morgan fingerprint density at radius 2 is 2.00 bits per heavy atom. The molecule has 0 fully saturated rings. The number of ether oxygens (including phenoxy) is 1. The molecule has 60 valence electrons. The number of benzene rings is 1. The summed E-state index contributed by atoms with van der Waals surface area (Å²) in [5, 5.41) is 0.819. The van der Waals surface area contributed by atoms with Gasteiger partial charge < -0.3 is 9.30 Å². The van der Waals surface area contributed by atoms with E-state index in [-0.39, 0.29) is 0 Å². The Morgan fingerprint density at radius 3 is 2.45 bits per heavy atom. The topological polar surface area (TPSA) is 26.3 Å². The second-order valence-corrected chi connectivity index (χ2v) is 3.91.